The molecule has 0 unspecified atom stereocenters. The van der Waals surface area contributed by atoms with Crippen molar-refractivity contribution < 1.29 is 47.7 Å². The van der Waals surface area contributed by atoms with Gasteiger partial charge in [-0.25, -0.2) is 24.1 Å². The first-order chi connectivity index (χ1) is 31.5. The van der Waals surface area contributed by atoms with Crippen molar-refractivity contribution in [3.05, 3.63) is 144 Å². The largest absolute Gasteiger partial charge is 0.445 e. The molecule has 1 aliphatic heterocycles. The van der Waals surface area contributed by atoms with Crippen LogP contribution in [0.15, 0.2) is 131 Å². The van der Waals surface area contributed by atoms with Crippen LogP contribution in [0, 0.1) is 0 Å². The molecular formula is C46H53N9O10. The molecule has 0 aliphatic carbocycles. The van der Waals surface area contributed by atoms with Gasteiger partial charge in [-0.05, 0) is 47.9 Å². The Balaban J connectivity index is 1.18. The first kappa shape index (κ1) is 48.1. The lowest BCUT2D eigenvalue weighted by molar-refractivity contribution is -0.127. The normalized spacial score (nSPS) is 14.2. The Kier molecular flexibility index (Phi) is 19.1. The van der Waals surface area contributed by atoms with E-state index >= 15 is 0 Å². The second-order valence-electron chi connectivity index (χ2n) is 14.7. The number of hydrogen-bond donors (Lipinski definition) is 5. The summed E-state index contributed by atoms with van der Waals surface area (Å²) in [6.45, 7) is -0.179. The maximum atomic E-state index is 13.6. The molecule has 5 rings (SSSR count). The summed E-state index contributed by atoms with van der Waals surface area (Å²) < 4.78 is 21.3. The Morgan fingerprint density at radius 3 is 1.71 bits per heavy atom. The van der Waals surface area contributed by atoms with Gasteiger partial charge in [0.25, 0.3) is 0 Å². The zero-order chi connectivity index (χ0) is 46.2. The van der Waals surface area contributed by atoms with Crippen LogP contribution in [-0.4, -0.2) is 96.2 Å². The fraction of sp³-hybridized carbons (Fsp3) is 0.304. The van der Waals surface area contributed by atoms with E-state index in [1.807, 2.05) is 48.5 Å². The lowest BCUT2D eigenvalue weighted by atomic mass is 10.1. The number of amides is 6. The molecule has 0 aromatic heterocycles. The lowest BCUT2D eigenvalue weighted by Crippen LogP contribution is -2.54. The van der Waals surface area contributed by atoms with Crippen molar-refractivity contribution in [2.45, 2.75) is 64.2 Å². The van der Waals surface area contributed by atoms with Gasteiger partial charge in [0.2, 0.25) is 23.7 Å². The predicted octanol–water partition coefficient (Wildman–Crippen LogP) is 4.70. The van der Waals surface area contributed by atoms with E-state index in [9.17, 15) is 28.8 Å². The quantitative estimate of drug-likeness (QED) is 0.0548. The van der Waals surface area contributed by atoms with Gasteiger partial charge in [0.1, 0.15) is 32.5 Å². The second-order valence-corrected chi connectivity index (χ2v) is 14.7. The van der Waals surface area contributed by atoms with Gasteiger partial charge in [-0.1, -0.05) is 121 Å². The minimum atomic E-state index is -1.26. The third kappa shape index (κ3) is 17.4. The highest BCUT2D eigenvalue weighted by atomic mass is 16.6. The number of nitrogens with one attached hydrogen (secondary N) is 3. The van der Waals surface area contributed by atoms with Crippen molar-refractivity contribution in [1.29, 1.82) is 0 Å². The maximum Gasteiger partial charge on any atom is 0.437 e. The van der Waals surface area contributed by atoms with E-state index in [0.717, 1.165) is 10.5 Å². The highest BCUT2D eigenvalue weighted by molar-refractivity contribution is 5.98. The third-order valence-electron chi connectivity index (χ3n) is 9.75. The number of guanidine groups is 2. The van der Waals surface area contributed by atoms with Crippen LogP contribution in [0.2, 0.25) is 0 Å². The summed E-state index contributed by atoms with van der Waals surface area (Å²) in [4.78, 5) is 88.2. The molecule has 6 amide bonds. The van der Waals surface area contributed by atoms with E-state index < -0.39 is 54.7 Å². The van der Waals surface area contributed by atoms with Crippen molar-refractivity contribution >= 4 is 48.1 Å². The summed E-state index contributed by atoms with van der Waals surface area (Å²) in [5.41, 5.74) is 15.2. The summed E-state index contributed by atoms with van der Waals surface area (Å²) >= 11 is 0. The molecule has 4 aromatic rings. The summed E-state index contributed by atoms with van der Waals surface area (Å²) in [6, 6.07) is 34.1. The summed E-state index contributed by atoms with van der Waals surface area (Å²) in [6.07, 6.45) is -2.60. The van der Waals surface area contributed by atoms with E-state index in [1.54, 1.807) is 77.7 Å². The monoisotopic (exact) mass is 891 g/mol. The molecular weight excluding hydrogens is 839 g/mol. The minimum Gasteiger partial charge on any atom is -0.445 e. The molecule has 1 fully saturated rings. The number of likely N-dealkylation sites (tertiary alicyclic amines) is 1. The molecule has 65 heavy (non-hydrogen) atoms. The second kappa shape index (κ2) is 25.8. The summed E-state index contributed by atoms with van der Waals surface area (Å²) in [5.74, 6) is -1.82. The Bertz CT molecular complexity index is 2230. The van der Waals surface area contributed by atoms with Crippen LogP contribution in [0.25, 0.3) is 0 Å². The van der Waals surface area contributed by atoms with E-state index in [1.165, 1.54) is 0 Å². The number of benzene rings is 4. The molecule has 1 saturated heterocycles. The number of nitrogens with zero attached hydrogens (tertiary/aromatic N) is 4. The fourth-order valence-electron chi connectivity index (χ4n) is 6.42. The first-order valence-corrected chi connectivity index (χ1v) is 20.9. The molecule has 0 radical (unpaired) electrons. The molecule has 342 valence electrons. The molecule has 0 saturated carbocycles. The van der Waals surface area contributed by atoms with Crippen LogP contribution in [0.5, 0.6) is 0 Å². The van der Waals surface area contributed by atoms with Gasteiger partial charge in [-0.15, -0.1) is 9.98 Å². The van der Waals surface area contributed by atoms with Crippen molar-refractivity contribution in [3.63, 3.8) is 0 Å². The topological polar surface area (TPSA) is 259 Å². The number of carbonyl (C=O) groups is 6. The van der Waals surface area contributed by atoms with Gasteiger partial charge in [0.15, 0.2) is 0 Å². The molecule has 2 atom stereocenters. The third-order valence-corrected chi connectivity index (χ3v) is 9.75. The van der Waals surface area contributed by atoms with E-state index in [-0.39, 0.29) is 64.4 Å². The Morgan fingerprint density at radius 2 is 1.17 bits per heavy atom. The fourth-order valence-corrected chi connectivity index (χ4v) is 6.42. The van der Waals surface area contributed by atoms with Gasteiger partial charge in [-0.3, -0.25) is 9.59 Å². The molecule has 1 aliphatic rings. The summed E-state index contributed by atoms with van der Waals surface area (Å²) in [7, 11) is 0. The van der Waals surface area contributed by atoms with E-state index in [2.05, 4.69) is 25.9 Å². The molecule has 0 bridgehead atoms. The van der Waals surface area contributed by atoms with Crippen LogP contribution in [0.1, 0.15) is 47.9 Å². The zero-order valence-electron chi connectivity index (χ0n) is 35.7. The first-order valence-electron chi connectivity index (χ1n) is 20.9. The average molecular weight is 892 g/mol. The Hall–Kier alpha value is -7.96. The van der Waals surface area contributed by atoms with Gasteiger partial charge >= 0.3 is 24.4 Å². The molecule has 19 nitrogen and oxygen atoms in total. The minimum absolute atomic E-state index is 0.0135. The maximum absolute atomic E-state index is 13.6. The number of hydrogen-bond acceptors (Lipinski definition) is 10. The highest BCUT2D eigenvalue weighted by Gasteiger charge is 2.27. The van der Waals surface area contributed by atoms with Gasteiger partial charge in [0, 0.05) is 25.7 Å². The number of rotatable bonds is 17. The van der Waals surface area contributed by atoms with Crippen LogP contribution in [0.3, 0.4) is 0 Å². The molecule has 1 heterocycles. The van der Waals surface area contributed by atoms with Crippen molar-refractivity contribution in [1.82, 2.24) is 25.8 Å². The molecule has 0 spiro atoms. The van der Waals surface area contributed by atoms with E-state index in [4.69, 9.17) is 30.4 Å². The van der Waals surface area contributed by atoms with Crippen molar-refractivity contribution in [3.8, 4) is 0 Å². The number of alkyl carbamates (subject to hydrolysis) is 1. The SMILES string of the molecule is N/C(=N\C(=O)OCc1ccccc1)N1CCC[C@H](NC(=O)CNC(=O)[C@@H](CCCN(C(=O)OCc2ccccc2)/C(N)=N/C(=O)OCc2ccccc2)NC(=O)OCc2ccccc2)C1. The number of carbonyl (C=O) groups excluding carboxylic acids is 6. The van der Waals surface area contributed by atoms with Crippen LogP contribution in [0.4, 0.5) is 19.2 Å². The van der Waals surface area contributed by atoms with Gasteiger partial charge < -0.3 is 51.3 Å². The lowest BCUT2D eigenvalue weighted by Gasteiger charge is -2.33. The Labute approximate surface area is 376 Å². The van der Waals surface area contributed by atoms with Crippen molar-refractivity contribution in [2.75, 3.05) is 26.2 Å². The average Bonchev–Trinajstić information content (AvgIpc) is 3.32. The smallest absolute Gasteiger partial charge is 0.437 e. The Morgan fingerprint density at radius 1 is 0.677 bits per heavy atom. The number of piperidine rings is 1. The van der Waals surface area contributed by atoms with Crippen LogP contribution < -0.4 is 27.4 Å². The number of aliphatic imine (C=N–C) groups is 2. The van der Waals surface area contributed by atoms with Crippen LogP contribution >= 0.6 is 0 Å². The van der Waals surface area contributed by atoms with Crippen LogP contribution in [-0.2, 0) is 55.0 Å². The zero-order valence-corrected chi connectivity index (χ0v) is 35.7. The predicted molar refractivity (Wildman–Crippen MR) is 238 cm³/mol. The highest BCUT2D eigenvalue weighted by Crippen LogP contribution is 2.12. The molecule has 4 aromatic carbocycles. The molecule has 7 N–H and O–H groups in total. The standard InChI is InChI=1S/C46H53N9O10/c47-41(52-44(59)63-30-34-17-7-2-8-18-34)54-25-13-23-37(28-54)50-39(56)27-49-40(57)38(51-43(58)62-29-33-15-5-1-6-16-33)24-14-26-55(46(61)65-32-36-21-11-4-12-22-36)42(48)53-45(60)64-31-35-19-9-3-10-20-35/h1-12,15-22,37-38H,13-14,23-32H2,(H,49,57)(H,50,56)(H,51,58)(H2,47,52,59)(H2,48,53,60)/t37-,38+/m0/s1. The van der Waals surface area contributed by atoms with Gasteiger partial charge in [0.05, 0.1) is 6.54 Å². The number of ether oxygens (including phenoxy) is 4. The molecule has 19 heteroatoms. The summed E-state index contributed by atoms with van der Waals surface area (Å²) in [5, 5.41) is 7.96. The van der Waals surface area contributed by atoms with Crippen molar-refractivity contribution in [2.24, 2.45) is 21.5 Å². The van der Waals surface area contributed by atoms with Gasteiger partial charge in [-0.2, -0.15) is 0 Å². The number of nitrogens with two attached hydrogens (primary N) is 2. The van der Waals surface area contributed by atoms with E-state index in [0.29, 0.717) is 36.1 Å².